The number of anilines is 1. The van der Waals surface area contributed by atoms with Crippen molar-refractivity contribution >= 4 is 17.3 Å². The number of ether oxygens (including phenoxy) is 1. The summed E-state index contributed by atoms with van der Waals surface area (Å²) in [6.45, 7) is 1.10. The highest BCUT2D eigenvalue weighted by molar-refractivity contribution is 6.30. The molecule has 1 N–H and O–H groups in total. The fourth-order valence-corrected chi connectivity index (χ4v) is 2.12. The number of nitrogens with one attached hydrogen (secondary N) is 1. The molecule has 1 heterocycles. The zero-order valence-corrected chi connectivity index (χ0v) is 10.3. The molecule has 1 unspecified atom stereocenters. The summed E-state index contributed by atoms with van der Waals surface area (Å²) >= 11 is 5.61. The normalized spacial score (nSPS) is 20.8. The monoisotopic (exact) mass is 279 g/mol. The van der Waals surface area contributed by atoms with Crippen LogP contribution in [0.4, 0.5) is 18.9 Å². The van der Waals surface area contributed by atoms with E-state index < -0.39 is 11.7 Å². The maximum atomic E-state index is 12.9. The number of rotatable bonds is 2. The average Bonchev–Trinajstić information content (AvgIpc) is 2.31. The minimum atomic E-state index is -4.41. The van der Waals surface area contributed by atoms with Crippen LogP contribution in [0.1, 0.15) is 18.4 Å². The summed E-state index contributed by atoms with van der Waals surface area (Å²) in [5, 5.41) is 2.96. The van der Waals surface area contributed by atoms with E-state index in [0.29, 0.717) is 13.2 Å². The van der Waals surface area contributed by atoms with E-state index in [9.17, 15) is 13.2 Å². The smallest absolute Gasteiger partial charge is 0.379 e. The van der Waals surface area contributed by atoms with Crippen LogP contribution in [0.5, 0.6) is 0 Å². The molecule has 1 saturated heterocycles. The van der Waals surface area contributed by atoms with Crippen LogP contribution in [0.15, 0.2) is 18.2 Å². The molecule has 1 aromatic carbocycles. The first-order valence-corrected chi connectivity index (χ1v) is 6.05. The Morgan fingerprint density at radius 3 is 2.72 bits per heavy atom. The minimum absolute atomic E-state index is 0.0578. The summed E-state index contributed by atoms with van der Waals surface area (Å²) < 4.78 is 43.8. The first kappa shape index (κ1) is 13.5. The molecule has 0 amide bonds. The molecule has 6 heteroatoms. The van der Waals surface area contributed by atoms with E-state index in [0.717, 1.165) is 18.9 Å². The molecule has 0 saturated carbocycles. The van der Waals surface area contributed by atoms with Crippen molar-refractivity contribution in [2.24, 2.45) is 0 Å². The fraction of sp³-hybridized carbons (Fsp3) is 0.500. The molecule has 0 spiro atoms. The summed E-state index contributed by atoms with van der Waals surface area (Å²) in [4.78, 5) is 0. The van der Waals surface area contributed by atoms with E-state index in [1.54, 1.807) is 0 Å². The molecule has 2 nitrogen and oxygen atoms in total. The number of alkyl halides is 3. The summed E-state index contributed by atoms with van der Waals surface area (Å²) in [6, 6.07) is 3.66. The lowest BCUT2D eigenvalue weighted by atomic mass is 10.1. The van der Waals surface area contributed by atoms with E-state index >= 15 is 0 Å². The maximum Gasteiger partial charge on any atom is 0.418 e. The highest BCUT2D eigenvalue weighted by atomic mass is 35.5. The van der Waals surface area contributed by atoms with Crippen molar-refractivity contribution in [2.75, 3.05) is 18.5 Å². The van der Waals surface area contributed by atoms with Gasteiger partial charge in [-0.15, -0.1) is 0 Å². The van der Waals surface area contributed by atoms with Gasteiger partial charge in [0.15, 0.2) is 0 Å². The third-order valence-electron chi connectivity index (χ3n) is 2.81. The van der Waals surface area contributed by atoms with Gasteiger partial charge < -0.3 is 10.1 Å². The third-order valence-corrected chi connectivity index (χ3v) is 3.04. The predicted octanol–water partition coefficient (Wildman–Crippen LogP) is 3.95. The van der Waals surface area contributed by atoms with Crippen LogP contribution < -0.4 is 5.32 Å². The molecule has 1 fully saturated rings. The van der Waals surface area contributed by atoms with Crippen LogP contribution in [-0.4, -0.2) is 19.3 Å². The summed E-state index contributed by atoms with van der Waals surface area (Å²) in [5.74, 6) is 0. The number of hydrogen-bond donors (Lipinski definition) is 1. The lowest BCUT2D eigenvalue weighted by Crippen LogP contribution is -2.30. The van der Waals surface area contributed by atoms with E-state index in [-0.39, 0.29) is 16.8 Å². The van der Waals surface area contributed by atoms with Gasteiger partial charge in [-0.05, 0) is 31.0 Å². The molecule has 0 aromatic heterocycles. The Balaban J connectivity index is 2.21. The topological polar surface area (TPSA) is 21.3 Å². The molecule has 100 valence electrons. The second-order valence-electron chi connectivity index (χ2n) is 4.25. The molecule has 0 radical (unpaired) electrons. The first-order chi connectivity index (χ1) is 8.47. The molecule has 2 rings (SSSR count). The second kappa shape index (κ2) is 5.36. The molecule has 0 aliphatic carbocycles. The summed E-state index contributed by atoms with van der Waals surface area (Å²) in [6.07, 6.45) is -2.75. The predicted molar refractivity (Wildman–Crippen MR) is 63.9 cm³/mol. The molecule has 1 aliphatic rings. The van der Waals surface area contributed by atoms with Gasteiger partial charge in [0, 0.05) is 23.4 Å². The quantitative estimate of drug-likeness (QED) is 0.885. The zero-order chi connectivity index (χ0) is 13.2. The van der Waals surface area contributed by atoms with E-state index in [2.05, 4.69) is 5.32 Å². The van der Waals surface area contributed by atoms with Crippen molar-refractivity contribution in [1.82, 2.24) is 0 Å². The SMILES string of the molecule is FC(F)(F)c1cc(Cl)ccc1NC1CCCOC1. The Kier molecular flexibility index (Phi) is 4.02. The zero-order valence-electron chi connectivity index (χ0n) is 9.56. The van der Waals surface area contributed by atoms with Gasteiger partial charge in [-0.3, -0.25) is 0 Å². The van der Waals surface area contributed by atoms with Crippen LogP contribution in [0.2, 0.25) is 5.02 Å². The highest BCUT2D eigenvalue weighted by Crippen LogP contribution is 2.37. The van der Waals surface area contributed by atoms with E-state index in [1.165, 1.54) is 12.1 Å². The second-order valence-corrected chi connectivity index (χ2v) is 4.68. The molecule has 1 aliphatic heterocycles. The van der Waals surface area contributed by atoms with Crippen molar-refractivity contribution in [3.63, 3.8) is 0 Å². The van der Waals surface area contributed by atoms with Gasteiger partial charge in [0.05, 0.1) is 12.2 Å². The van der Waals surface area contributed by atoms with Gasteiger partial charge in [0.2, 0.25) is 0 Å². The average molecular weight is 280 g/mol. The molecule has 0 bridgehead atoms. The largest absolute Gasteiger partial charge is 0.418 e. The first-order valence-electron chi connectivity index (χ1n) is 5.68. The Hall–Kier alpha value is -0.940. The van der Waals surface area contributed by atoms with Crippen LogP contribution in [0.3, 0.4) is 0 Å². The summed E-state index contributed by atoms with van der Waals surface area (Å²) in [7, 11) is 0. The van der Waals surface area contributed by atoms with Crippen LogP contribution in [-0.2, 0) is 10.9 Å². The Morgan fingerprint density at radius 1 is 1.33 bits per heavy atom. The number of benzene rings is 1. The maximum absolute atomic E-state index is 12.9. The van der Waals surface area contributed by atoms with Crippen LogP contribution in [0, 0.1) is 0 Å². The third kappa shape index (κ3) is 3.29. The van der Waals surface area contributed by atoms with Gasteiger partial charge in [-0.1, -0.05) is 11.6 Å². The highest BCUT2D eigenvalue weighted by Gasteiger charge is 2.34. The molecular formula is C12H13ClF3NO. The van der Waals surface area contributed by atoms with Crippen molar-refractivity contribution in [3.8, 4) is 0 Å². The number of hydrogen-bond acceptors (Lipinski definition) is 2. The minimum Gasteiger partial charge on any atom is -0.379 e. The fourth-order valence-electron chi connectivity index (χ4n) is 1.95. The van der Waals surface area contributed by atoms with Crippen molar-refractivity contribution in [2.45, 2.75) is 25.1 Å². The Labute approximate surface area is 108 Å². The van der Waals surface area contributed by atoms with Gasteiger partial charge in [0.1, 0.15) is 0 Å². The van der Waals surface area contributed by atoms with Gasteiger partial charge >= 0.3 is 6.18 Å². The van der Waals surface area contributed by atoms with E-state index in [4.69, 9.17) is 16.3 Å². The van der Waals surface area contributed by atoms with Gasteiger partial charge in [-0.25, -0.2) is 0 Å². The molecule has 1 atom stereocenters. The van der Waals surface area contributed by atoms with Crippen LogP contribution in [0.25, 0.3) is 0 Å². The lowest BCUT2D eigenvalue weighted by molar-refractivity contribution is -0.137. The number of halogens is 4. The van der Waals surface area contributed by atoms with E-state index in [1.807, 2.05) is 0 Å². The van der Waals surface area contributed by atoms with Crippen molar-refractivity contribution in [1.29, 1.82) is 0 Å². The Morgan fingerprint density at radius 2 is 2.11 bits per heavy atom. The van der Waals surface area contributed by atoms with Gasteiger partial charge in [0.25, 0.3) is 0 Å². The molecule has 1 aromatic rings. The standard InChI is InChI=1S/C12H13ClF3NO/c13-8-3-4-11(10(6-8)12(14,15)16)17-9-2-1-5-18-7-9/h3-4,6,9,17H,1-2,5,7H2. The molecular weight excluding hydrogens is 267 g/mol. The molecule has 18 heavy (non-hydrogen) atoms. The van der Waals surface area contributed by atoms with Crippen molar-refractivity contribution < 1.29 is 17.9 Å². The Bertz CT molecular complexity index is 416. The lowest BCUT2D eigenvalue weighted by Gasteiger charge is -2.25. The summed E-state index contributed by atoms with van der Waals surface area (Å²) in [5.41, 5.74) is -0.678. The van der Waals surface area contributed by atoms with Crippen molar-refractivity contribution in [3.05, 3.63) is 28.8 Å². The van der Waals surface area contributed by atoms with Gasteiger partial charge in [-0.2, -0.15) is 13.2 Å². The van der Waals surface area contributed by atoms with Crippen LogP contribution >= 0.6 is 11.6 Å².